The van der Waals surface area contributed by atoms with E-state index in [0.29, 0.717) is 42.8 Å². The molecule has 2 aromatic carbocycles. The number of carbonyl (C=O) groups is 2. The highest BCUT2D eigenvalue weighted by atomic mass is 16.5. The molecule has 3 heterocycles. The molecule has 2 aliphatic heterocycles. The summed E-state index contributed by atoms with van der Waals surface area (Å²) in [5, 5.41) is 29.0. The summed E-state index contributed by atoms with van der Waals surface area (Å²) in [6.07, 6.45) is 7.26. The van der Waals surface area contributed by atoms with Gasteiger partial charge in [-0.2, -0.15) is 0 Å². The molecule has 0 saturated carbocycles. The van der Waals surface area contributed by atoms with Gasteiger partial charge in [0.05, 0.1) is 25.0 Å². The van der Waals surface area contributed by atoms with E-state index in [9.17, 15) is 14.7 Å². The molecule has 0 aliphatic carbocycles. The zero-order chi connectivity index (χ0) is 27.6. The highest BCUT2D eigenvalue weighted by molar-refractivity contribution is 6.07. The first-order chi connectivity index (χ1) is 18.8. The molecule has 2 aliphatic rings. The SMILES string of the molecule is COc1ccc2c(c1)[C@](O)([C@@H](C)/C=C/CCn1cc(CCO)nn1)C(=O)N2Cc1ccc(N2CCC2=O)cc1. The zero-order valence-corrected chi connectivity index (χ0v) is 22.2. The number of amides is 2. The number of rotatable bonds is 11. The minimum absolute atomic E-state index is 0.0247. The lowest BCUT2D eigenvalue weighted by molar-refractivity contribution is -0.139. The highest BCUT2D eigenvalue weighted by Crippen LogP contribution is 2.47. The number of nitrogens with zero attached hydrogens (tertiary/aromatic N) is 5. The third-order valence-electron chi connectivity index (χ3n) is 7.48. The summed E-state index contributed by atoms with van der Waals surface area (Å²) in [4.78, 5) is 28.9. The number of anilines is 2. The second-order valence-corrected chi connectivity index (χ2v) is 9.95. The standard InChI is InChI=1S/C29H33N5O5/c1-20(5-3-4-14-32-19-22(13-16-35)30-31-32)29(38)25-17-24(39-2)10-11-26(25)34(28(29)37)18-21-6-8-23(9-7-21)33-15-12-27(33)36/h3,5-11,17,19-20,35,38H,4,12-16,18H2,1-2H3/b5-3+/t20-,29+/m0/s1. The number of aliphatic hydroxyl groups is 2. The number of hydrogen-bond acceptors (Lipinski definition) is 7. The molecule has 2 amide bonds. The lowest BCUT2D eigenvalue weighted by atomic mass is 9.83. The fourth-order valence-corrected chi connectivity index (χ4v) is 5.09. The lowest BCUT2D eigenvalue weighted by Crippen LogP contribution is -2.44. The van der Waals surface area contributed by atoms with Crippen LogP contribution >= 0.6 is 0 Å². The summed E-state index contributed by atoms with van der Waals surface area (Å²) < 4.78 is 7.11. The zero-order valence-electron chi connectivity index (χ0n) is 22.2. The van der Waals surface area contributed by atoms with Gasteiger partial charge in [-0.25, -0.2) is 0 Å². The van der Waals surface area contributed by atoms with Crippen molar-refractivity contribution in [3.8, 4) is 5.75 Å². The van der Waals surface area contributed by atoms with Crippen molar-refractivity contribution in [2.24, 2.45) is 5.92 Å². The van der Waals surface area contributed by atoms with Crippen LogP contribution < -0.4 is 14.5 Å². The van der Waals surface area contributed by atoms with E-state index in [1.54, 1.807) is 39.9 Å². The molecule has 3 aromatic rings. The van der Waals surface area contributed by atoms with Gasteiger partial charge in [0.1, 0.15) is 5.75 Å². The van der Waals surface area contributed by atoms with Gasteiger partial charge in [-0.15, -0.1) is 5.10 Å². The fourth-order valence-electron chi connectivity index (χ4n) is 5.09. The van der Waals surface area contributed by atoms with Gasteiger partial charge in [-0.3, -0.25) is 14.3 Å². The average molecular weight is 532 g/mol. The molecule has 2 N–H and O–H groups in total. The van der Waals surface area contributed by atoms with Crippen LogP contribution in [0.15, 0.2) is 60.8 Å². The molecule has 1 aromatic heterocycles. The number of β-lactam (4-membered cyclic amide) rings is 1. The van der Waals surface area contributed by atoms with E-state index in [1.807, 2.05) is 49.4 Å². The summed E-state index contributed by atoms with van der Waals surface area (Å²) in [7, 11) is 1.55. The maximum absolute atomic E-state index is 13.8. The first-order valence-electron chi connectivity index (χ1n) is 13.1. The molecule has 5 rings (SSSR count). The van der Waals surface area contributed by atoms with Gasteiger partial charge < -0.3 is 24.7 Å². The van der Waals surface area contributed by atoms with Crippen LogP contribution in [0.2, 0.25) is 0 Å². The van der Waals surface area contributed by atoms with Crippen molar-refractivity contribution < 1.29 is 24.5 Å². The van der Waals surface area contributed by atoms with Crippen molar-refractivity contribution in [2.45, 2.75) is 44.9 Å². The number of aromatic nitrogens is 3. The number of fused-ring (bicyclic) bond motifs is 1. The summed E-state index contributed by atoms with van der Waals surface area (Å²) in [5.41, 5.74) is 1.86. The van der Waals surface area contributed by atoms with E-state index in [4.69, 9.17) is 9.84 Å². The van der Waals surface area contributed by atoms with Crippen LogP contribution in [0.5, 0.6) is 5.75 Å². The van der Waals surface area contributed by atoms with E-state index in [-0.39, 0.29) is 19.1 Å². The first-order valence-corrected chi connectivity index (χ1v) is 13.1. The Morgan fingerprint density at radius 3 is 2.64 bits per heavy atom. The van der Waals surface area contributed by atoms with Crippen LogP contribution in [0.25, 0.3) is 0 Å². The molecule has 0 radical (unpaired) electrons. The summed E-state index contributed by atoms with van der Waals surface area (Å²) >= 11 is 0. The number of allylic oxidation sites excluding steroid dienone is 1. The van der Waals surface area contributed by atoms with Gasteiger partial charge in [0, 0.05) is 55.9 Å². The number of aliphatic hydroxyl groups excluding tert-OH is 1. The molecule has 0 bridgehead atoms. The smallest absolute Gasteiger partial charge is 0.264 e. The van der Waals surface area contributed by atoms with Crippen molar-refractivity contribution in [3.63, 3.8) is 0 Å². The van der Waals surface area contributed by atoms with Crippen LogP contribution in [-0.2, 0) is 34.7 Å². The highest BCUT2D eigenvalue weighted by Gasteiger charge is 2.52. The van der Waals surface area contributed by atoms with E-state index >= 15 is 0 Å². The molecule has 1 saturated heterocycles. The molecule has 0 unspecified atom stereocenters. The lowest BCUT2D eigenvalue weighted by Gasteiger charge is -2.31. The molecule has 10 nitrogen and oxygen atoms in total. The molecule has 0 spiro atoms. The van der Waals surface area contributed by atoms with Gasteiger partial charge in [0.15, 0.2) is 5.60 Å². The molecule has 39 heavy (non-hydrogen) atoms. The minimum Gasteiger partial charge on any atom is -0.497 e. The van der Waals surface area contributed by atoms with Gasteiger partial charge in [-0.05, 0) is 42.3 Å². The van der Waals surface area contributed by atoms with Gasteiger partial charge >= 0.3 is 0 Å². The Morgan fingerprint density at radius 1 is 1.18 bits per heavy atom. The quantitative estimate of drug-likeness (QED) is 0.288. The number of methoxy groups -OCH3 is 1. The van der Waals surface area contributed by atoms with Crippen molar-refractivity contribution in [2.75, 3.05) is 30.1 Å². The largest absolute Gasteiger partial charge is 0.497 e. The molecular weight excluding hydrogens is 498 g/mol. The van der Waals surface area contributed by atoms with Gasteiger partial charge in [0.25, 0.3) is 5.91 Å². The van der Waals surface area contributed by atoms with E-state index in [1.165, 1.54) is 0 Å². The van der Waals surface area contributed by atoms with Crippen LogP contribution in [-0.4, -0.2) is 57.3 Å². The molecule has 204 valence electrons. The maximum Gasteiger partial charge on any atom is 0.264 e. The van der Waals surface area contributed by atoms with Gasteiger partial charge in [-0.1, -0.05) is 36.4 Å². The summed E-state index contributed by atoms with van der Waals surface area (Å²) in [5.74, 6) is -0.234. The molecular formula is C29H33N5O5. The van der Waals surface area contributed by atoms with Crippen LogP contribution in [0.1, 0.15) is 36.6 Å². The van der Waals surface area contributed by atoms with Crippen LogP contribution in [0.3, 0.4) is 0 Å². The van der Waals surface area contributed by atoms with E-state index < -0.39 is 17.4 Å². The summed E-state index contributed by atoms with van der Waals surface area (Å²) in [6.45, 7) is 3.45. The van der Waals surface area contributed by atoms with Crippen molar-refractivity contribution in [3.05, 3.63) is 77.6 Å². The Labute approximate surface area is 227 Å². The average Bonchev–Trinajstić information content (AvgIpc) is 3.47. The molecule has 1 fully saturated rings. The first kappa shape index (κ1) is 26.6. The predicted octanol–water partition coefficient (Wildman–Crippen LogP) is 2.58. The Balaban J connectivity index is 1.33. The second kappa shape index (κ2) is 11.0. The normalized spacial score (nSPS) is 19.5. The van der Waals surface area contributed by atoms with Gasteiger partial charge in [0.2, 0.25) is 5.91 Å². The monoisotopic (exact) mass is 531 g/mol. The number of ether oxygens (including phenoxy) is 1. The molecule has 2 atom stereocenters. The third kappa shape index (κ3) is 5.05. The Bertz CT molecular complexity index is 1380. The number of aryl methyl sites for hydroxylation is 1. The maximum atomic E-state index is 13.8. The molecule has 10 heteroatoms. The fraction of sp³-hybridized carbons (Fsp3) is 0.379. The number of carbonyl (C=O) groups excluding carboxylic acids is 2. The predicted molar refractivity (Wildman–Crippen MR) is 145 cm³/mol. The van der Waals surface area contributed by atoms with E-state index in [0.717, 1.165) is 23.5 Å². The van der Waals surface area contributed by atoms with E-state index in [2.05, 4.69) is 10.3 Å². The third-order valence-corrected chi connectivity index (χ3v) is 7.48. The van der Waals surface area contributed by atoms with Crippen LogP contribution in [0, 0.1) is 5.92 Å². The minimum atomic E-state index is -1.76. The Hall–Kier alpha value is -4.02. The van der Waals surface area contributed by atoms with Crippen LogP contribution in [0.4, 0.5) is 11.4 Å². The summed E-state index contributed by atoms with van der Waals surface area (Å²) in [6, 6.07) is 12.9. The van der Waals surface area contributed by atoms with Crippen molar-refractivity contribution in [1.82, 2.24) is 15.0 Å². The Morgan fingerprint density at radius 2 is 1.97 bits per heavy atom. The second-order valence-electron chi connectivity index (χ2n) is 9.95. The van der Waals surface area contributed by atoms with Crippen molar-refractivity contribution in [1.29, 1.82) is 0 Å². The number of benzene rings is 2. The number of hydrogen-bond donors (Lipinski definition) is 2. The Kier molecular flexibility index (Phi) is 7.49. The van der Waals surface area contributed by atoms with Crippen molar-refractivity contribution >= 4 is 23.2 Å². The topological polar surface area (TPSA) is 121 Å².